The van der Waals surface area contributed by atoms with Crippen LogP contribution in [0.15, 0.2) is 35.7 Å². The highest BCUT2D eigenvalue weighted by Gasteiger charge is 2.19. The maximum Gasteiger partial charge on any atom is 0.356 e. The molecule has 0 atom stereocenters. The molecule has 106 valence electrons. The van der Waals surface area contributed by atoms with Gasteiger partial charge in [-0.2, -0.15) is 0 Å². The molecular weight excluding hydrogens is 304 g/mol. The van der Waals surface area contributed by atoms with Crippen LogP contribution in [0.2, 0.25) is 0 Å². The third-order valence-corrected chi connectivity index (χ3v) is 4.95. The van der Waals surface area contributed by atoms with Gasteiger partial charge in [0.25, 0.3) is 0 Å². The van der Waals surface area contributed by atoms with E-state index in [9.17, 15) is 9.90 Å². The lowest BCUT2D eigenvalue weighted by Gasteiger charge is -1.97. The molecule has 0 amide bonds. The first-order valence-corrected chi connectivity index (χ1v) is 8.02. The molecule has 3 rings (SSSR count). The summed E-state index contributed by atoms with van der Waals surface area (Å²) < 4.78 is 0. The number of thiazole rings is 2. The molecule has 21 heavy (non-hydrogen) atoms. The second-order valence-electron chi connectivity index (χ2n) is 4.52. The summed E-state index contributed by atoms with van der Waals surface area (Å²) >= 11 is 2.99. The van der Waals surface area contributed by atoms with E-state index in [4.69, 9.17) is 0 Å². The Morgan fingerprint density at radius 2 is 1.95 bits per heavy atom. The van der Waals surface area contributed by atoms with E-state index >= 15 is 0 Å². The number of aryl methyl sites for hydroxylation is 1. The largest absolute Gasteiger partial charge is 0.476 e. The lowest BCUT2D eigenvalue weighted by molar-refractivity contribution is 0.0692. The molecule has 0 radical (unpaired) electrons. The van der Waals surface area contributed by atoms with Crippen molar-refractivity contribution < 1.29 is 9.90 Å². The SMILES string of the molecule is Cc1csc(Cc2nc(C(=O)O)c(-c3ccccc3)s2)n1. The predicted octanol–water partition coefficient (Wildman–Crippen LogP) is 3.86. The Labute approximate surface area is 129 Å². The van der Waals surface area contributed by atoms with E-state index in [0.717, 1.165) is 21.3 Å². The monoisotopic (exact) mass is 316 g/mol. The molecule has 1 N–H and O–H groups in total. The predicted molar refractivity (Wildman–Crippen MR) is 84.2 cm³/mol. The van der Waals surface area contributed by atoms with E-state index in [0.29, 0.717) is 11.3 Å². The molecule has 0 saturated carbocycles. The van der Waals surface area contributed by atoms with Crippen molar-refractivity contribution in [1.29, 1.82) is 0 Å². The fraction of sp³-hybridized carbons (Fsp3) is 0.133. The number of aromatic carboxylic acids is 1. The summed E-state index contributed by atoms with van der Waals surface area (Å²) in [6.45, 7) is 1.94. The molecule has 0 unspecified atom stereocenters. The Kier molecular flexibility index (Phi) is 3.81. The minimum absolute atomic E-state index is 0.120. The van der Waals surface area contributed by atoms with Gasteiger partial charge >= 0.3 is 5.97 Å². The van der Waals surface area contributed by atoms with Crippen LogP contribution in [0.3, 0.4) is 0 Å². The second-order valence-corrected chi connectivity index (χ2v) is 6.54. The Bertz CT molecular complexity index is 778. The van der Waals surface area contributed by atoms with E-state index in [2.05, 4.69) is 9.97 Å². The lowest BCUT2D eigenvalue weighted by atomic mass is 10.1. The normalized spacial score (nSPS) is 10.7. The number of carbonyl (C=O) groups is 1. The molecule has 0 spiro atoms. The average Bonchev–Trinajstić information content (AvgIpc) is 3.07. The van der Waals surface area contributed by atoms with Crippen molar-refractivity contribution in [2.24, 2.45) is 0 Å². The zero-order valence-corrected chi connectivity index (χ0v) is 12.9. The molecule has 0 aliphatic rings. The summed E-state index contributed by atoms with van der Waals surface area (Å²) in [5, 5.41) is 13.1. The molecule has 6 heteroatoms. The molecular formula is C15H12N2O2S2. The summed E-state index contributed by atoms with van der Waals surface area (Å²) in [6.07, 6.45) is 0.580. The molecule has 0 fully saturated rings. The second kappa shape index (κ2) is 5.75. The van der Waals surface area contributed by atoms with Crippen LogP contribution >= 0.6 is 22.7 Å². The Hall–Kier alpha value is -2.05. The van der Waals surface area contributed by atoms with Crippen LogP contribution in [0.25, 0.3) is 10.4 Å². The van der Waals surface area contributed by atoms with Crippen molar-refractivity contribution in [2.75, 3.05) is 0 Å². The van der Waals surface area contributed by atoms with E-state index in [-0.39, 0.29) is 5.69 Å². The van der Waals surface area contributed by atoms with Crippen molar-refractivity contribution in [3.63, 3.8) is 0 Å². The quantitative estimate of drug-likeness (QED) is 0.794. The molecule has 3 aromatic rings. The Morgan fingerprint density at radius 1 is 1.19 bits per heavy atom. The van der Waals surface area contributed by atoms with E-state index in [1.807, 2.05) is 42.6 Å². The van der Waals surface area contributed by atoms with Crippen LogP contribution < -0.4 is 0 Å². The molecule has 0 aliphatic carbocycles. The van der Waals surface area contributed by atoms with Gasteiger partial charge < -0.3 is 5.11 Å². The van der Waals surface area contributed by atoms with Gasteiger partial charge in [-0.3, -0.25) is 0 Å². The van der Waals surface area contributed by atoms with Gasteiger partial charge in [-0.1, -0.05) is 30.3 Å². The van der Waals surface area contributed by atoms with Crippen LogP contribution in [0, 0.1) is 6.92 Å². The highest BCUT2D eigenvalue weighted by atomic mass is 32.1. The summed E-state index contributed by atoms with van der Waals surface area (Å²) in [6, 6.07) is 9.49. The number of nitrogens with zero attached hydrogens (tertiary/aromatic N) is 2. The Balaban J connectivity index is 1.99. The Morgan fingerprint density at radius 3 is 2.57 bits per heavy atom. The smallest absolute Gasteiger partial charge is 0.356 e. The average molecular weight is 316 g/mol. The van der Waals surface area contributed by atoms with E-state index < -0.39 is 5.97 Å². The maximum atomic E-state index is 11.4. The van der Waals surface area contributed by atoms with Gasteiger partial charge in [0.15, 0.2) is 5.69 Å². The third kappa shape index (κ3) is 3.01. The highest BCUT2D eigenvalue weighted by Crippen LogP contribution is 2.31. The van der Waals surface area contributed by atoms with Gasteiger partial charge in [-0.05, 0) is 12.5 Å². The first-order valence-electron chi connectivity index (χ1n) is 6.33. The summed E-state index contributed by atoms with van der Waals surface area (Å²) in [5.41, 5.74) is 1.98. The van der Waals surface area contributed by atoms with Gasteiger partial charge in [0.2, 0.25) is 0 Å². The van der Waals surface area contributed by atoms with Crippen molar-refractivity contribution in [2.45, 2.75) is 13.3 Å². The number of carboxylic acids is 1. The molecule has 0 bridgehead atoms. The fourth-order valence-corrected chi connectivity index (χ4v) is 3.92. The van der Waals surface area contributed by atoms with Crippen molar-refractivity contribution in [1.82, 2.24) is 9.97 Å². The van der Waals surface area contributed by atoms with Gasteiger partial charge in [0.1, 0.15) is 5.01 Å². The van der Waals surface area contributed by atoms with Gasteiger partial charge in [0.05, 0.1) is 16.3 Å². The fourth-order valence-electron chi connectivity index (χ4n) is 1.98. The number of hydrogen-bond acceptors (Lipinski definition) is 5. The number of hydrogen-bond donors (Lipinski definition) is 1. The standard InChI is InChI=1S/C15H12N2O2S2/c1-9-8-20-11(16-9)7-12-17-13(15(18)19)14(21-12)10-5-3-2-4-6-10/h2-6,8H,7H2,1H3,(H,18,19). The van der Waals surface area contributed by atoms with Crippen LogP contribution in [0.5, 0.6) is 0 Å². The zero-order chi connectivity index (χ0) is 14.8. The van der Waals surface area contributed by atoms with Gasteiger partial charge in [-0.25, -0.2) is 14.8 Å². The van der Waals surface area contributed by atoms with Crippen LogP contribution in [0.4, 0.5) is 0 Å². The molecule has 0 saturated heterocycles. The number of aromatic nitrogens is 2. The molecule has 1 aromatic carbocycles. The number of benzene rings is 1. The molecule has 2 aromatic heterocycles. The topological polar surface area (TPSA) is 63.1 Å². The number of carboxylic acid groups (broad SMARTS) is 1. The number of rotatable bonds is 4. The van der Waals surface area contributed by atoms with E-state index in [1.165, 1.54) is 11.3 Å². The van der Waals surface area contributed by atoms with Gasteiger partial charge in [0, 0.05) is 11.1 Å². The van der Waals surface area contributed by atoms with Gasteiger partial charge in [-0.15, -0.1) is 22.7 Å². The summed E-state index contributed by atoms with van der Waals surface area (Å²) in [5.74, 6) is -0.994. The van der Waals surface area contributed by atoms with Crippen LogP contribution in [0.1, 0.15) is 26.2 Å². The highest BCUT2D eigenvalue weighted by molar-refractivity contribution is 7.15. The van der Waals surface area contributed by atoms with Crippen molar-refractivity contribution in [3.8, 4) is 10.4 Å². The van der Waals surface area contributed by atoms with Crippen molar-refractivity contribution in [3.05, 3.63) is 57.1 Å². The minimum atomic E-state index is -0.994. The third-order valence-electron chi connectivity index (χ3n) is 2.88. The molecule has 4 nitrogen and oxygen atoms in total. The minimum Gasteiger partial charge on any atom is -0.476 e. The maximum absolute atomic E-state index is 11.4. The lowest BCUT2D eigenvalue weighted by Crippen LogP contribution is -1.99. The molecule has 2 heterocycles. The summed E-state index contributed by atoms with van der Waals surface area (Å²) in [7, 11) is 0. The first kappa shape index (κ1) is 13.9. The van der Waals surface area contributed by atoms with Crippen molar-refractivity contribution >= 4 is 28.6 Å². The van der Waals surface area contributed by atoms with Crippen LogP contribution in [-0.2, 0) is 6.42 Å². The zero-order valence-electron chi connectivity index (χ0n) is 11.2. The van der Waals surface area contributed by atoms with Crippen LogP contribution in [-0.4, -0.2) is 21.0 Å². The van der Waals surface area contributed by atoms with E-state index in [1.54, 1.807) is 11.3 Å². The molecule has 0 aliphatic heterocycles. The first-order chi connectivity index (χ1) is 10.1. The summed E-state index contributed by atoms with van der Waals surface area (Å²) in [4.78, 5) is 20.8.